The third-order valence-corrected chi connectivity index (χ3v) is 2.87. The molecule has 0 aliphatic carbocycles. The van der Waals surface area contributed by atoms with Crippen LogP contribution in [0.25, 0.3) is 11.0 Å². The number of rotatable bonds is 2. The van der Waals surface area contributed by atoms with E-state index in [0.29, 0.717) is 17.7 Å². The first-order valence-corrected chi connectivity index (χ1v) is 5.70. The van der Waals surface area contributed by atoms with E-state index in [1.54, 1.807) is 18.2 Å². The average molecular weight is 314 g/mol. The van der Waals surface area contributed by atoms with E-state index < -0.39 is 0 Å². The number of nitrogens with zero attached hydrogens (tertiary/aromatic N) is 1. The van der Waals surface area contributed by atoms with Crippen molar-refractivity contribution in [2.45, 2.75) is 6.42 Å². The third kappa shape index (κ3) is 3.21. The van der Waals surface area contributed by atoms with Gasteiger partial charge in [-0.05, 0) is 29.8 Å². The van der Waals surface area contributed by atoms with Gasteiger partial charge in [-0.2, -0.15) is 0 Å². The van der Waals surface area contributed by atoms with Gasteiger partial charge in [-0.3, -0.25) is 0 Å². The van der Waals surface area contributed by atoms with E-state index in [0.717, 1.165) is 16.9 Å². The number of aromatic nitrogens is 2. The molecule has 6 heteroatoms. The predicted octanol–water partition coefficient (Wildman–Crippen LogP) is 3.72. The minimum atomic E-state index is -0.211. The molecule has 0 amide bonds. The van der Waals surface area contributed by atoms with E-state index >= 15 is 0 Å². The monoisotopic (exact) mass is 313 g/mol. The first-order valence-electron chi connectivity index (χ1n) is 5.70. The topological polar surface area (TPSA) is 54.7 Å². The summed E-state index contributed by atoms with van der Waals surface area (Å²) >= 11 is 0. The lowest BCUT2D eigenvalue weighted by molar-refractivity contribution is 0.612. The van der Waals surface area contributed by atoms with Gasteiger partial charge in [0.15, 0.2) is 0 Å². The Bertz CT molecular complexity index is 712. The van der Waals surface area contributed by atoms with Crippen molar-refractivity contribution in [3.8, 4) is 0 Å². The van der Waals surface area contributed by atoms with Crippen molar-refractivity contribution >= 4 is 41.5 Å². The van der Waals surface area contributed by atoms with Crippen LogP contribution in [-0.4, -0.2) is 9.97 Å². The summed E-state index contributed by atoms with van der Waals surface area (Å²) in [5.74, 6) is 0.526. The number of fused-ring (bicyclic) bond motifs is 1. The van der Waals surface area contributed by atoms with E-state index in [9.17, 15) is 4.39 Å². The normalized spacial score (nSPS) is 9.85. The number of nitrogens with one attached hydrogen (secondary N) is 1. The quantitative estimate of drug-likeness (QED) is 0.708. The molecule has 0 atom stereocenters. The highest BCUT2D eigenvalue weighted by molar-refractivity contribution is 5.85. The van der Waals surface area contributed by atoms with Crippen LogP contribution in [0.5, 0.6) is 0 Å². The number of aromatic amines is 1. The maximum Gasteiger partial charge on any atom is 0.126 e. The lowest BCUT2D eigenvalue weighted by atomic mass is 10.1. The van der Waals surface area contributed by atoms with Gasteiger partial charge in [0, 0.05) is 12.1 Å². The summed E-state index contributed by atoms with van der Waals surface area (Å²) in [5.41, 5.74) is 8.73. The number of nitrogen functional groups attached to an aromatic ring is 1. The number of hydrogen-bond acceptors (Lipinski definition) is 2. The van der Waals surface area contributed by atoms with Gasteiger partial charge in [-0.25, -0.2) is 9.37 Å². The smallest absolute Gasteiger partial charge is 0.126 e. The van der Waals surface area contributed by atoms with Crippen LogP contribution in [0.1, 0.15) is 11.4 Å². The van der Waals surface area contributed by atoms with Crippen molar-refractivity contribution < 1.29 is 4.39 Å². The number of halogens is 3. The molecule has 3 rings (SSSR count). The van der Waals surface area contributed by atoms with Gasteiger partial charge < -0.3 is 10.7 Å². The minimum Gasteiger partial charge on any atom is -0.399 e. The number of benzene rings is 2. The highest BCUT2D eigenvalue weighted by Crippen LogP contribution is 2.17. The summed E-state index contributed by atoms with van der Waals surface area (Å²) in [6, 6.07) is 12.2. The van der Waals surface area contributed by atoms with Crippen LogP contribution in [0.3, 0.4) is 0 Å². The molecule has 0 radical (unpaired) electrons. The van der Waals surface area contributed by atoms with Crippen LogP contribution in [0.15, 0.2) is 42.5 Å². The van der Waals surface area contributed by atoms with Gasteiger partial charge in [-0.1, -0.05) is 18.2 Å². The summed E-state index contributed by atoms with van der Waals surface area (Å²) in [5, 5.41) is 0. The molecule has 1 heterocycles. The second-order valence-corrected chi connectivity index (χ2v) is 4.23. The van der Waals surface area contributed by atoms with Crippen LogP contribution in [0.4, 0.5) is 10.1 Å². The Hall–Kier alpha value is -1.78. The lowest BCUT2D eigenvalue weighted by Crippen LogP contribution is -1.93. The van der Waals surface area contributed by atoms with Crippen LogP contribution in [0, 0.1) is 5.82 Å². The molecule has 3 N–H and O–H groups in total. The van der Waals surface area contributed by atoms with Gasteiger partial charge in [0.25, 0.3) is 0 Å². The maximum absolute atomic E-state index is 13.5. The first kappa shape index (κ1) is 16.3. The fourth-order valence-corrected chi connectivity index (χ4v) is 1.99. The number of anilines is 1. The average Bonchev–Trinajstić information content (AvgIpc) is 2.73. The molecule has 2 aromatic carbocycles. The molecular formula is C14H14Cl2FN3. The van der Waals surface area contributed by atoms with Gasteiger partial charge in [0.2, 0.25) is 0 Å². The first-order chi connectivity index (χ1) is 8.72. The van der Waals surface area contributed by atoms with Crippen LogP contribution in [-0.2, 0) is 6.42 Å². The standard InChI is InChI=1S/C14H12FN3.2ClH/c15-11-4-2-1-3-9(11)7-14-17-12-6-5-10(16)8-13(12)18-14;;/h1-6,8H,7,16H2,(H,17,18);2*1H. The third-order valence-electron chi connectivity index (χ3n) is 2.87. The van der Waals surface area contributed by atoms with Crippen molar-refractivity contribution in [3.05, 3.63) is 59.7 Å². The Morgan fingerprint density at radius 3 is 2.60 bits per heavy atom. The molecule has 3 nitrogen and oxygen atoms in total. The number of hydrogen-bond donors (Lipinski definition) is 2. The molecule has 106 valence electrons. The second kappa shape index (κ2) is 6.59. The van der Waals surface area contributed by atoms with Crippen molar-refractivity contribution in [3.63, 3.8) is 0 Å². The molecule has 0 aliphatic rings. The van der Waals surface area contributed by atoms with Gasteiger partial charge in [0.1, 0.15) is 11.6 Å². The molecule has 20 heavy (non-hydrogen) atoms. The van der Waals surface area contributed by atoms with Crippen LogP contribution in [0.2, 0.25) is 0 Å². The van der Waals surface area contributed by atoms with E-state index in [1.165, 1.54) is 6.07 Å². The van der Waals surface area contributed by atoms with E-state index in [4.69, 9.17) is 5.73 Å². The zero-order valence-electron chi connectivity index (χ0n) is 10.5. The van der Waals surface area contributed by atoms with Crippen molar-refractivity contribution in [1.29, 1.82) is 0 Å². The Balaban J connectivity index is 0.000001000. The second-order valence-electron chi connectivity index (χ2n) is 4.23. The highest BCUT2D eigenvalue weighted by Gasteiger charge is 2.06. The molecular weight excluding hydrogens is 300 g/mol. The lowest BCUT2D eigenvalue weighted by Gasteiger charge is -1.99. The predicted molar refractivity (Wildman–Crippen MR) is 84.2 cm³/mol. The Morgan fingerprint density at radius 2 is 1.85 bits per heavy atom. The zero-order valence-corrected chi connectivity index (χ0v) is 12.1. The summed E-state index contributed by atoms with van der Waals surface area (Å²) in [4.78, 5) is 7.57. The van der Waals surface area contributed by atoms with Crippen molar-refractivity contribution in [2.75, 3.05) is 5.73 Å². The molecule has 0 fully saturated rings. The summed E-state index contributed by atoms with van der Waals surface area (Å²) in [6.07, 6.45) is 0.446. The van der Waals surface area contributed by atoms with E-state index in [1.807, 2.05) is 18.2 Å². The molecule has 0 bridgehead atoms. The van der Waals surface area contributed by atoms with Crippen LogP contribution < -0.4 is 5.73 Å². The SMILES string of the molecule is Cl.Cl.Nc1ccc2nc(Cc3ccccc3F)[nH]c2c1. The van der Waals surface area contributed by atoms with Crippen molar-refractivity contribution in [2.24, 2.45) is 0 Å². The molecule has 0 aliphatic heterocycles. The molecule has 0 spiro atoms. The number of nitrogens with two attached hydrogens (primary N) is 1. The fraction of sp³-hybridized carbons (Fsp3) is 0.0714. The number of imidazole rings is 1. The molecule has 1 aromatic heterocycles. The summed E-state index contributed by atoms with van der Waals surface area (Å²) in [6.45, 7) is 0. The number of H-pyrrole nitrogens is 1. The summed E-state index contributed by atoms with van der Waals surface area (Å²) < 4.78 is 13.5. The highest BCUT2D eigenvalue weighted by atomic mass is 35.5. The van der Waals surface area contributed by atoms with Crippen LogP contribution >= 0.6 is 24.8 Å². The Kier molecular flexibility index (Phi) is 5.36. The van der Waals surface area contributed by atoms with E-state index in [2.05, 4.69) is 9.97 Å². The largest absolute Gasteiger partial charge is 0.399 e. The Labute approximate surface area is 128 Å². The summed E-state index contributed by atoms with van der Waals surface area (Å²) in [7, 11) is 0. The zero-order chi connectivity index (χ0) is 12.5. The Morgan fingerprint density at radius 1 is 1.10 bits per heavy atom. The van der Waals surface area contributed by atoms with Gasteiger partial charge in [-0.15, -0.1) is 24.8 Å². The van der Waals surface area contributed by atoms with E-state index in [-0.39, 0.29) is 30.6 Å². The molecule has 0 saturated carbocycles. The van der Waals surface area contributed by atoms with Gasteiger partial charge >= 0.3 is 0 Å². The van der Waals surface area contributed by atoms with Gasteiger partial charge in [0.05, 0.1) is 11.0 Å². The van der Waals surface area contributed by atoms with Crippen molar-refractivity contribution in [1.82, 2.24) is 9.97 Å². The maximum atomic E-state index is 13.5. The molecule has 0 unspecified atom stereocenters. The molecule has 0 saturated heterocycles. The molecule has 3 aromatic rings. The minimum absolute atomic E-state index is 0. The fourth-order valence-electron chi connectivity index (χ4n) is 1.99.